The minimum atomic E-state index is -0.0441. The maximum absolute atomic E-state index is 12.1. The fourth-order valence-corrected chi connectivity index (χ4v) is 3.84. The average Bonchev–Trinajstić information content (AvgIpc) is 2.81. The van der Waals surface area contributed by atoms with Crippen molar-refractivity contribution in [1.29, 1.82) is 0 Å². The van der Waals surface area contributed by atoms with Crippen LogP contribution >= 0.6 is 0 Å². The van der Waals surface area contributed by atoms with Crippen molar-refractivity contribution in [2.24, 2.45) is 10.9 Å². The zero-order valence-electron chi connectivity index (χ0n) is 18.6. The van der Waals surface area contributed by atoms with Crippen LogP contribution in [0.4, 0.5) is 0 Å². The van der Waals surface area contributed by atoms with Gasteiger partial charge in [-0.05, 0) is 37.3 Å². The van der Waals surface area contributed by atoms with Crippen molar-refractivity contribution in [3.63, 3.8) is 0 Å². The summed E-state index contributed by atoms with van der Waals surface area (Å²) in [5.41, 5.74) is 3.68. The predicted octanol–water partition coefficient (Wildman–Crippen LogP) is 2.99. The van der Waals surface area contributed by atoms with Crippen LogP contribution < -0.4 is 16.0 Å². The summed E-state index contributed by atoms with van der Waals surface area (Å²) in [5, 5.41) is 9.42. The third kappa shape index (κ3) is 7.40. The number of carbonyl (C=O) groups excluding carboxylic acids is 1. The molecule has 6 heteroatoms. The third-order valence-electron chi connectivity index (χ3n) is 5.60. The fraction of sp³-hybridized carbons (Fsp3) is 0.440. The molecule has 6 nitrogen and oxygen atoms in total. The Bertz CT molecular complexity index is 836. The van der Waals surface area contributed by atoms with Gasteiger partial charge in [-0.1, -0.05) is 60.2 Å². The summed E-state index contributed by atoms with van der Waals surface area (Å²) >= 11 is 0. The average molecular weight is 423 g/mol. The molecular formula is C25H34N4O2. The van der Waals surface area contributed by atoms with Gasteiger partial charge in [0.05, 0.1) is 12.6 Å². The lowest BCUT2D eigenvalue weighted by Gasteiger charge is -2.32. The van der Waals surface area contributed by atoms with Crippen molar-refractivity contribution in [2.75, 3.05) is 33.3 Å². The first-order chi connectivity index (χ1) is 15.2. The van der Waals surface area contributed by atoms with E-state index in [1.165, 1.54) is 16.7 Å². The first-order valence-corrected chi connectivity index (χ1v) is 11.1. The first-order valence-electron chi connectivity index (χ1n) is 11.1. The minimum Gasteiger partial charge on any atom is -0.373 e. The van der Waals surface area contributed by atoms with Crippen LogP contribution in [0.25, 0.3) is 0 Å². The summed E-state index contributed by atoms with van der Waals surface area (Å²) in [4.78, 5) is 16.4. The lowest BCUT2D eigenvalue weighted by molar-refractivity contribution is -0.119. The molecule has 2 aromatic carbocycles. The molecule has 3 rings (SSSR count). The van der Waals surface area contributed by atoms with Crippen molar-refractivity contribution in [1.82, 2.24) is 16.0 Å². The van der Waals surface area contributed by atoms with Crippen LogP contribution in [0.15, 0.2) is 59.6 Å². The van der Waals surface area contributed by atoms with Gasteiger partial charge in [-0.2, -0.15) is 0 Å². The Morgan fingerprint density at radius 3 is 2.58 bits per heavy atom. The standard InChI is InChI=1S/C25H34N4O2/c1-19-10-12-21(13-11-19)24-22(9-6-16-31-24)17-28-25(26-2)29-18-23(30)27-15-14-20-7-4-3-5-8-20/h3-5,7-8,10-13,22,24H,6,9,14-18H2,1-2H3,(H,27,30)(H2,26,28,29). The molecule has 0 aliphatic carbocycles. The largest absolute Gasteiger partial charge is 0.373 e. The predicted molar refractivity (Wildman–Crippen MR) is 125 cm³/mol. The maximum atomic E-state index is 12.1. The molecule has 0 spiro atoms. The van der Waals surface area contributed by atoms with Gasteiger partial charge in [-0.15, -0.1) is 0 Å². The monoisotopic (exact) mass is 422 g/mol. The summed E-state index contributed by atoms with van der Waals surface area (Å²) in [7, 11) is 1.72. The van der Waals surface area contributed by atoms with E-state index in [1.54, 1.807) is 7.05 Å². The highest BCUT2D eigenvalue weighted by atomic mass is 16.5. The lowest BCUT2D eigenvalue weighted by atomic mass is 9.89. The molecule has 1 aliphatic heterocycles. The normalized spacial score (nSPS) is 19.0. The number of guanidine groups is 1. The Labute approximate surface area is 185 Å². The summed E-state index contributed by atoms with van der Waals surface area (Å²) < 4.78 is 6.10. The first kappa shape index (κ1) is 22.8. The molecule has 1 saturated heterocycles. The molecule has 0 aromatic heterocycles. The smallest absolute Gasteiger partial charge is 0.239 e. The van der Waals surface area contributed by atoms with E-state index in [0.717, 1.165) is 32.4 Å². The molecule has 0 saturated carbocycles. The van der Waals surface area contributed by atoms with Crippen LogP contribution in [0.3, 0.4) is 0 Å². The van der Waals surface area contributed by atoms with E-state index >= 15 is 0 Å². The third-order valence-corrected chi connectivity index (χ3v) is 5.60. The number of benzene rings is 2. The van der Waals surface area contributed by atoms with Gasteiger partial charge < -0.3 is 20.7 Å². The number of aliphatic imine (C=N–C) groups is 1. The Balaban J connectivity index is 1.41. The van der Waals surface area contributed by atoms with E-state index < -0.39 is 0 Å². The van der Waals surface area contributed by atoms with E-state index in [0.29, 0.717) is 18.4 Å². The van der Waals surface area contributed by atoms with E-state index in [1.807, 2.05) is 18.2 Å². The quantitative estimate of drug-likeness (QED) is 0.452. The Kier molecular flexibility index (Phi) is 8.91. The molecule has 1 fully saturated rings. The van der Waals surface area contributed by atoms with Crippen molar-refractivity contribution in [2.45, 2.75) is 32.3 Å². The van der Waals surface area contributed by atoms with Crippen LogP contribution in [0.1, 0.15) is 35.6 Å². The number of amides is 1. The molecule has 0 bridgehead atoms. The molecule has 3 N–H and O–H groups in total. The van der Waals surface area contributed by atoms with Gasteiger partial charge in [0.2, 0.25) is 5.91 Å². The van der Waals surface area contributed by atoms with Gasteiger partial charge in [0.1, 0.15) is 0 Å². The number of aryl methyl sites for hydroxylation is 1. The second-order valence-electron chi connectivity index (χ2n) is 8.00. The van der Waals surface area contributed by atoms with Gasteiger partial charge in [-0.3, -0.25) is 9.79 Å². The van der Waals surface area contributed by atoms with Gasteiger partial charge >= 0.3 is 0 Å². The van der Waals surface area contributed by atoms with Crippen LogP contribution in [0.2, 0.25) is 0 Å². The van der Waals surface area contributed by atoms with Crippen molar-refractivity contribution < 1.29 is 9.53 Å². The van der Waals surface area contributed by atoms with Crippen LogP contribution in [0, 0.1) is 12.8 Å². The molecule has 1 amide bonds. The Morgan fingerprint density at radius 2 is 1.84 bits per heavy atom. The highest BCUT2D eigenvalue weighted by Crippen LogP contribution is 2.33. The molecule has 2 aromatic rings. The number of carbonyl (C=O) groups is 1. The van der Waals surface area contributed by atoms with Gasteiger partial charge in [0.15, 0.2) is 5.96 Å². The zero-order chi connectivity index (χ0) is 21.9. The van der Waals surface area contributed by atoms with Crippen LogP contribution in [-0.4, -0.2) is 45.2 Å². The molecular weight excluding hydrogens is 388 g/mol. The Morgan fingerprint density at radius 1 is 1.06 bits per heavy atom. The summed E-state index contributed by atoms with van der Waals surface area (Å²) in [6.07, 6.45) is 3.07. The topological polar surface area (TPSA) is 74.8 Å². The van der Waals surface area contributed by atoms with E-state index in [4.69, 9.17) is 4.74 Å². The highest BCUT2D eigenvalue weighted by molar-refractivity contribution is 5.86. The maximum Gasteiger partial charge on any atom is 0.239 e. The summed E-state index contributed by atoms with van der Waals surface area (Å²) in [6.45, 7) is 4.45. The molecule has 2 unspecified atom stereocenters. The van der Waals surface area contributed by atoms with Crippen LogP contribution in [-0.2, 0) is 16.0 Å². The molecule has 2 atom stereocenters. The second-order valence-corrected chi connectivity index (χ2v) is 8.00. The minimum absolute atomic E-state index is 0.0441. The van der Waals surface area contributed by atoms with Crippen molar-refractivity contribution >= 4 is 11.9 Å². The zero-order valence-corrected chi connectivity index (χ0v) is 18.6. The number of hydrogen-bond acceptors (Lipinski definition) is 3. The molecule has 166 valence electrons. The molecule has 31 heavy (non-hydrogen) atoms. The molecule has 0 radical (unpaired) electrons. The number of nitrogens with zero attached hydrogens (tertiary/aromatic N) is 1. The number of ether oxygens (including phenoxy) is 1. The van der Waals surface area contributed by atoms with Crippen molar-refractivity contribution in [3.8, 4) is 0 Å². The fourth-order valence-electron chi connectivity index (χ4n) is 3.84. The van der Waals surface area contributed by atoms with E-state index in [2.05, 4.69) is 64.3 Å². The number of nitrogens with one attached hydrogen (secondary N) is 3. The molecule has 1 heterocycles. The van der Waals surface area contributed by atoms with Gasteiger partial charge in [0, 0.05) is 32.7 Å². The van der Waals surface area contributed by atoms with Gasteiger partial charge in [-0.25, -0.2) is 0 Å². The summed E-state index contributed by atoms with van der Waals surface area (Å²) in [6, 6.07) is 18.7. The van der Waals surface area contributed by atoms with E-state index in [-0.39, 0.29) is 18.6 Å². The number of rotatable bonds is 8. The lowest BCUT2D eigenvalue weighted by Crippen LogP contribution is -2.45. The molecule has 1 aliphatic rings. The Hall–Kier alpha value is -2.86. The summed E-state index contributed by atoms with van der Waals surface area (Å²) in [5.74, 6) is 0.943. The van der Waals surface area contributed by atoms with Crippen LogP contribution in [0.5, 0.6) is 0 Å². The SMILES string of the molecule is CN=C(NCC(=O)NCCc1ccccc1)NCC1CCCOC1c1ccc(C)cc1. The van der Waals surface area contributed by atoms with Gasteiger partial charge in [0.25, 0.3) is 0 Å². The van der Waals surface area contributed by atoms with E-state index in [9.17, 15) is 4.79 Å². The second kappa shape index (κ2) is 12.1. The van der Waals surface area contributed by atoms with Crippen molar-refractivity contribution in [3.05, 3.63) is 71.3 Å². The highest BCUT2D eigenvalue weighted by Gasteiger charge is 2.27. The number of hydrogen-bond donors (Lipinski definition) is 3.